The van der Waals surface area contributed by atoms with Gasteiger partial charge in [0.15, 0.2) is 5.69 Å². The molecule has 0 unspecified atom stereocenters. The molecule has 0 radical (unpaired) electrons. The molecule has 0 saturated carbocycles. The molecule has 2 rings (SSSR count). The normalized spacial score (nSPS) is 11.5. The lowest BCUT2D eigenvalue weighted by atomic mass is 10.1. The van der Waals surface area contributed by atoms with Crippen molar-refractivity contribution in [3.8, 4) is 11.8 Å². The third kappa shape index (κ3) is 4.93. The minimum atomic E-state index is -4.55. The summed E-state index contributed by atoms with van der Waals surface area (Å²) in [5, 5.41) is 3.35. The second kappa shape index (κ2) is 7.28. The van der Waals surface area contributed by atoms with Gasteiger partial charge in [0.25, 0.3) is 0 Å². The molecule has 130 valence electrons. The zero-order valence-corrected chi connectivity index (χ0v) is 12.9. The first-order valence-corrected chi connectivity index (χ1v) is 7.14. The van der Waals surface area contributed by atoms with Gasteiger partial charge in [-0.1, -0.05) is 0 Å². The highest BCUT2D eigenvalue weighted by molar-refractivity contribution is 5.73. The molecule has 0 aromatic carbocycles. The number of nitrogens with two attached hydrogens (primary N) is 1. The molecule has 2 aromatic rings. The highest BCUT2D eigenvalue weighted by Crippen LogP contribution is 2.31. The van der Waals surface area contributed by atoms with Crippen molar-refractivity contribution in [1.29, 1.82) is 0 Å². The molecule has 2 heterocycles. The topological polar surface area (TPSA) is 95.9 Å². The maximum atomic E-state index is 12.6. The fourth-order valence-corrected chi connectivity index (χ4v) is 1.95. The van der Waals surface area contributed by atoms with E-state index in [1.807, 2.05) is 0 Å². The molecular weight excluding hydrogens is 327 g/mol. The van der Waals surface area contributed by atoms with E-state index < -0.39 is 11.9 Å². The summed E-state index contributed by atoms with van der Waals surface area (Å²) in [4.78, 5) is 18.8. The fraction of sp³-hybridized carbons (Fsp3) is 0.429. The van der Waals surface area contributed by atoms with Crippen LogP contribution in [0.1, 0.15) is 30.7 Å². The van der Waals surface area contributed by atoms with Gasteiger partial charge in [0, 0.05) is 25.7 Å². The van der Waals surface area contributed by atoms with Crippen LogP contribution in [0.4, 0.5) is 13.2 Å². The van der Waals surface area contributed by atoms with Crippen LogP contribution in [-0.2, 0) is 24.4 Å². The molecule has 0 saturated heterocycles. The van der Waals surface area contributed by atoms with Crippen LogP contribution in [0.25, 0.3) is 0 Å². The van der Waals surface area contributed by atoms with Crippen LogP contribution in [-0.4, -0.2) is 25.7 Å². The number of halogens is 3. The second-order valence-electron chi connectivity index (χ2n) is 5.11. The number of hydrogen-bond acceptors (Lipinski definition) is 5. The van der Waals surface area contributed by atoms with Crippen LogP contribution in [0.5, 0.6) is 11.8 Å². The molecule has 0 aliphatic rings. The summed E-state index contributed by atoms with van der Waals surface area (Å²) in [7, 11) is 1.34. The summed E-state index contributed by atoms with van der Waals surface area (Å²) in [5.41, 5.74) is 4.61. The van der Waals surface area contributed by atoms with Gasteiger partial charge in [0.1, 0.15) is 0 Å². The van der Waals surface area contributed by atoms with E-state index in [2.05, 4.69) is 15.1 Å². The van der Waals surface area contributed by atoms with E-state index in [4.69, 9.17) is 10.5 Å². The molecule has 10 heteroatoms. The molecule has 0 fully saturated rings. The Balaban J connectivity index is 2.02. The number of primary amides is 1. The lowest BCUT2D eigenvalue weighted by molar-refractivity contribution is -0.141. The van der Waals surface area contributed by atoms with Gasteiger partial charge in [-0.3, -0.25) is 9.78 Å². The fourth-order valence-electron chi connectivity index (χ4n) is 1.95. The zero-order chi connectivity index (χ0) is 17.7. The van der Waals surface area contributed by atoms with Crippen LogP contribution >= 0.6 is 0 Å². The lowest BCUT2D eigenvalue weighted by Crippen LogP contribution is -2.09. The number of amides is 1. The van der Waals surface area contributed by atoms with Crippen LogP contribution in [0.3, 0.4) is 0 Å². The summed E-state index contributed by atoms with van der Waals surface area (Å²) < 4.78 is 44.2. The molecule has 2 N–H and O–H groups in total. The standard InChI is InChI=1S/C14H16F3N5O2/c1-22-13(6-10(21-22)14(15,16)17)24-12-8-19-7-9(20-12)4-2-3-5-11(18)23/h6-8H,2-5H2,1H3,(H2,18,23). The molecule has 7 nitrogen and oxygen atoms in total. The predicted octanol–water partition coefficient (Wildman–Crippen LogP) is 2.22. The minimum Gasteiger partial charge on any atom is -0.419 e. The summed E-state index contributed by atoms with van der Waals surface area (Å²) >= 11 is 0. The first kappa shape index (κ1) is 17.7. The third-order valence-corrected chi connectivity index (χ3v) is 3.10. The Hall–Kier alpha value is -2.65. The smallest absolute Gasteiger partial charge is 0.419 e. The molecular formula is C14H16F3N5O2. The number of aromatic nitrogens is 4. The van der Waals surface area contributed by atoms with E-state index in [0.29, 0.717) is 31.4 Å². The van der Waals surface area contributed by atoms with E-state index in [9.17, 15) is 18.0 Å². The molecule has 2 aromatic heterocycles. The highest BCUT2D eigenvalue weighted by atomic mass is 19.4. The Kier molecular flexibility index (Phi) is 5.37. The molecule has 1 amide bonds. The number of rotatable bonds is 7. The SMILES string of the molecule is Cn1nc(C(F)(F)F)cc1Oc1cncc(CCCCC(N)=O)n1. The average Bonchev–Trinajstić information content (AvgIpc) is 2.85. The Morgan fingerprint density at radius 3 is 2.71 bits per heavy atom. The third-order valence-electron chi connectivity index (χ3n) is 3.10. The van der Waals surface area contributed by atoms with E-state index in [-0.39, 0.29) is 17.7 Å². The number of aryl methyl sites for hydroxylation is 2. The van der Waals surface area contributed by atoms with Gasteiger partial charge in [-0.15, -0.1) is 0 Å². The number of unbranched alkanes of at least 4 members (excludes halogenated alkanes) is 1. The molecule has 0 aliphatic heterocycles. The van der Waals surface area contributed by atoms with Gasteiger partial charge in [0.2, 0.25) is 17.7 Å². The van der Waals surface area contributed by atoms with Crippen molar-refractivity contribution in [3.63, 3.8) is 0 Å². The van der Waals surface area contributed by atoms with Crippen molar-refractivity contribution in [2.45, 2.75) is 31.9 Å². The molecule has 24 heavy (non-hydrogen) atoms. The number of carbonyl (C=O) groups is 1. The zero-order valence-electron chi connectivity index (χ0n) is 12.9. The first-order chi connectivity index (χ1) is 11.3. The van der Waals surface area contributed by atoms with Crippen molar-refractivity contribution in [2.24, 2.45) is 12.8 Å². The summed E-state index contributed by atoms with van der Waals surface area (Å²) in [5.74, 6) is -0.392. The Morgan fingerprint density at radius 1 is 1.33 bits per heavy atom. The summed E-state index contributed by atoms with van der Waals surface area (Å²) in [6.07, 6.45) is 0.432. The largest absolute Gasteiger partial charge is 0.435 e. The molecule has 0 spiro atoms. The van der Waals surface area contributed by atoms with Crippen molar-refractivity contribution < 1.29 is 22.7 Å². The van der Waals surface area contributed by atoms with Crippen LogP contribution in [0, 0.1) is 0 Å². The van der Waals surface area contributed by atoms with Crippen molar-refractivity contribution in [3.05, 3.63) is 29.8 Å². The Labute approximate surface area is 135 Å². The molecule has 0 atom stereocenters. The Bertz CT molecular complexity index is 715. The van der Waals surface area contributed by atoms with E-state index in [1.165, 1.54) is 19.4 Å². The number of alkyl halides is 3. The number of ether oxygens (including phenoxy) is 1. The van der Waals surface area contributed by atoms with Gasteiger partial charge in [-0.25, -0.2) is 9.67 Å². The van der Waals surface area contributed by atoms with Crippen LogP contribution < -0.4 is 10.5 Å². The van der Waals surface area contributed by atoms with Crippen LogP contribution in [0.15, 0.2) is 18.5 Å². The van der Waals surface area contributed by atoms with Crippen molar-refractivity contribution in [2.75, 3.05) is 0 Å². The summed E-state index contributed by atoms with van der Waals surface area (Å²) in [6, 6.07) is 0.793. The van der Waals surface area contributed by atoms with Gasteiger partial charge in [-0.05, 0) is 19.3 Å². The van der Waals surface area contributed by atoms with Gasteiger partial charge in [-0.2, -0.15) is 18.3 Å². The highest BCUT2D eigenvalue weighted by Gasteiger charge is 2.35. The average molecular weight is 343 g/mol. The van der Waals surface area contributed by atoms with Gasteiger partial charge >= 0.3 is 6.18 Å². The van der Waals surface area contributed by atoms with E-state index in [1.54, 1.807) is 0 Å². The van der Waals surface area contributed by atoms with Crippen molar-refractivity contribution in [1.82, 2.24) is 19.7 Å². The second-order valence-corrected chi connectivity index (χ2v) is 5.11. The molecule has 0 bridgehead atoms. The lowest BCUT2D eigenvalue weighted by Gasteiger charge is -2.05. The summed E-state index contributed by atoms with van der Waals surface area (Å²) in [6.45, 7) is 0. The maximum absolute atomic E-state index is 12.6. The van der Waals surface area contributed by atoms with Gasteiger partial charge in [0.05, 0.1) is 11.9 Å². The van der Waals surface area contributed by atoms with Crippen molar-refractivity contribution >= 4 is 5.91 Å². The number of hydrogen-bond donors (Lipinski definition) is 1. The Morgan fingerprint density at radius 2 is 2.08 bits per heavy atom. The van der Waals surface area contributed by atoms with E-state index >= 15 is 0 Å². The molecule has 0 aliphatic carbocycles. The maximum Gasteiger partial charge on any atom is 0.435 e. The monoisotopic (exact) mass is 343 g/mol. The van der Waals surface area contributed by atoms with E-state index in [0.717, 1.165) is 10.7 Å². The minimum absolute atomic E-state index is 0.0686. The predicted molar refractivity (Wildman–Crippen MR) is 77.1 cm³/mol. The van der Waals surface area contributed by atoms with Gasteiger partial charge < -0.3 is 10.5 Å². The number of nitrogens with zero attached hydrogens (tertiary/aromatic N) is 4. The van der Waals surface area contributed by atoms with Crippen LogP contribution in [0.2, 0.25) is 0 Å². The number of carbonyl (C=O) groups excluding carboxylic acids is 1. The quantitative estimate of drug-likeness (QED) is 0.778. The first-order valence-electron chi connectivity index (χ1n) is 7.14.